The number of nitrogens with one attached hydrogen (secondary N) is 1. The molecule has 0 fully saturated rings. The van der Waals surface area contributed by atoms with E-state index in [4.69, 9.17) is 9.88 Å². The number of ether oxygens (including phenoxy) is 1. The first-order chi connectivity index (χ1) is 11.2. The lowest BCUT2D eigenvalue weighted by atomic mass is 10.1. The molecule has 0 saturated heterocycles. The Balaban J connectivity index is 2.57. The van der Waals surface area contributed by atoms with Gasteiger partial charge in [0.15, 0.2) is 0 Å². The number of hydrogen-bond donors (Lipinski definition) is 2. The fourth-order valence-electron chi connectivity index (χ4n) is 1.98. The Kier molecular flexibility index (Phi) is 7.83. The summed E-state index contributed by atoms with van der Waals surface area (Å²) in [5, 5.41) is 7.69. The highest BCUT2D eigenvalue weighted by atomic mass is 32.2. The van der Waals surface area contributed by atoms with Crippen LogP contribution in [0.3, 0.4) is 0 Å². The Labute approximate surface area is 142 Å². The Hall–Kier alpha value is -1.97. The highest BCUT2D eigenvalue weighted by molar-refractivity contribution is 7.89. The topological polar surface area (TPSA) is 119 Å². The molecule has 0 spiro atoms. The van der Waals surface area contributed by atoms with E-state index in [-0.39, 0.29) is 23.3 Å². The third kappa shape index (κ3) is 7.07. The number of amides is 2. The second kappa shape index (κ2) is 9.36. The van der Waals surface area contributed by atoms with Crippen molar-refractivity contribution in [2.24, 2.45) is 5.14 Å². The Morgan fingerprint density at radius 1 is 1.25 bits per heavy atom. The van der Waals surface area contributed by atoms with Gasteiger partial charge in [-0.2, -0.15) is 0 Å². The third-order valence-electron chi connectivity index (χ3n) is 3.33. The molecular formula is C15H23N3O5S. The number of primary sulfonamides is 1. The van der Waals surface area contributed by atoms with Crippen LogP contribution in [-0.4, -0.2) is 58.5 Å². The van der Waals surface area contributed by atoms with E-state index in [2.05, 4.69) is 5.32 Å². The molecule has 2 amide bonds. The minimum atomic E-state index is -3.72. The largest absolute Gasteiger partial charge is 0.383 e. The van der Waals surface area contributed by atoms with Gasteiger partial charge in [-0.1, -0.05) is 12.1 Å². The van der Waals surface area contributed by atoms with Crippen molar-refractivity contribution in [1.82, 2.24) is 10.2 Å². The molecule has 0 aliphatic heterocycles. The molecule has 0 radical (unpaired) electrons. The van der Waals surface area contributed by atoms with Gasteiger partial charge >= 0.3 is 0 Å². The number of nitrogens with two attached hydrogens (primary N) is 1. The number of carbonyl (C=O) groups excluding carboxylic acids is 2. The smallest absolute Gasteiger partial charge is 0.239 e. The summed E-state index contributed by atoms with van der Waals surface area (Å²) in [5.41, 5.74) is 0.841. The summed E-state index contributed by atoms with van der Waals surface area (Å²) in [6.07, 6.45) is 0.496. The van der Waals surface area contributed by atoms with Crippen molar-refractivity contribution in [1.29, 1.82) is 0 Å². The summed E-state index contributed by atoms with van der Waals surface area (Å²) in [7, 11) is -2.18. The van der Waals surface area contributed by atoms with Crippen LogP contribution in [0.4, 0.5) is 0 Å². The minimum absolute atomic E-state index is 0.0334. The number of sulfonamides is 1. The molecular weight excluding hydrogens is 334 g/mol. The molecule has 1 aromatic carbocycles. The molecule has 0 unspecified atom stereocenters. The first kappa shape index (κ1) is 20.1. The summed E-state index contributed by atoms with van der Waals surface area (Å²) < 4.78 is 27.2. The second-order valence-electron chi connectivity index (χ2n) is 5.22. The Morgan fingerprint density at radius 3 is 2.38 bits per heavy atom. The molecule has 1 rings (SSSR count). The zero-order chi connectivity index (χ0) is 18.2. The van der Waals surface area contributed by atoms with Gasteiger partial charge < -0.3 is 15.0 Å². The lowest BCUT2D eigenvalue weighted by molar-refractivity contribution is -0.134. The molecule has 24 heavy (non-hydrogen) atoms. The second-order valence-corrected chi connectivity index (χ2v) is 6.78. The zero-order valence-corrected chi connectivity index (χ0v) is 14.6. The van der Waals surface area contributed by atoms with Crippen LogP contribution in [-0.2, 0) is 30.8 Å². The van der Waals surface area contributed by atoms with E-state index in [0.717, 1.165) is 5.56 Å². The van der Waals surface area contributed by atoms with Crippen molar-refractivity contribution in [2.45, 2.75) is 18.2 Å². The maximum absolute atomic E-state index is 11.8. The maximum atomic E-state index is 11.8. The van der Waals surface area contributed by atoms with E-state index in [1.54, 1.807) is 12.1 Å². The van der Waals surface area contributed by atoms with Crippen LogP contribution < -0.4 is 10.5 Å². The van der Waals surface area contributed by atoms with Gasteiger partial charge in [0.2, 0.25) is 21.8 Å². The SMILES string of the molecule is COCCNC(=O)CN(CCc1ccc(S(N)(=O)=O)cc1)C(C)=O. The van der Waals surface area contributed by atoms with Crippen LogP contribution in [0, 0.1) is 0 Å². The van der Waals surface area contributed by atoms with E-state index >= 15 is 0 Å². The lowest BCUT2D eigenvalue weighted by Crippen LogP contribution is -2.41. The van der Waals surface area contributed by atoms with Gasteiger partial charge in [-0.25, -0.2) is 13.6 Å². The summed E-state index contributed by atoms with van der Waals surface area (Å²) >= 11 is 0. The number of nitrogens with zero attached hydrogens (tertiary/aromatic N) is 1. The number of carbonyl (C=O) groups is 2. The third-order valence-corrected chi connectivity index (χ3v) is 4.26. The fraction of sp³-hybridized carbons (Fsp3) is 0.467. The molecule has 0 atom stereocenters. The van der Waals surface area contributed by atoms with Gasteiger partial charge in [-0.05, 0) is 24.1 Å². The van der Waals surface area contributed by atoms with Crippen molar-refractivity contribution < 1.29 is 22.7 Å². The predicted molar refractivity (Wildman–Crippen MR) is 88.7 cm³/mol. The van der Waals surface area contributed by atoms with Crippen molar-refractivity contribution >= 4 is 21.8 Å². The number of hydrogen-bond acceptors (Lipinski definition) is 5. The average molecular weight is 357 g/mol. The van der Waals surface area contributed by atoms with Gasteiger partial charge in [0, 0.05) is 27.1 Å². The first-order valence-electron chi connectivity index (χ1n) is 7.37. The van der Waals surface area contributed by atoms with Crippen LogP contribution in [0.2, 0.25) is 0 Å². The standard InChI is InChI=1S/C15H23N3O5S/c1-12(19)18(11-15(20)17-8-10-23-2)9-7-13-3-5-14(6-4-13)24(16,21)22/h3-6H,7-11H2,1-2H3,(H,17,20)(H2,16,21,22). The average Bonchev–Trinajstić information content (AvgIpc) is 2.51. The Bertz CT molecular complexity index is 658. The number of benzene rings is 1. The van der Waals surface area contributed by atoms with Crippen LogP contribution in [0.1, 0.15) is 12.5 Å². The number of rotatable bonds is 9. The predicted octanol–water partition coefficient (Wildman–Crippen LogP) is -0.512. The molecule has 8 nitrogen and oxygen atoms in total. The van der Waals surface area contributed by atoms with Crippen molar-refractivity contribution in [2.75, 3.05) is 33.4 Å². The monoisotopic (exact) mass is 357 g/mol. The normalized spacial score (nSPS) is 11.1. The van der Waals surface area contributed by atoms with Gasteiger partial charge in [0.1, 0.15) is 0 Å². The van der Waals surface area contributed by atoms with E-state index in [9.17, 15) is 18.0 Å². The van der Waals surface area contributed by atoms with E-state index < -0.39 is 10.0 Å². The van der Waals surface area contributed by atoms with Crippen LogP contribution >= 0.6 is 0 Å². The molecule has 0 aliphatic carbocycles. The molecule has 1 aromatic rings. The lowest BCUT2D eigenvalue weighted by Gasteiger charge is -2.20. The van der Waals surface area contributed by atoms with E-state index in [1.165, 1.54) is 31.1 Å². The summed E-state index contributed by atoms with van der Waals surface area (Å²) in [6.45, 7) is 2.50. The van der Waals surface area contributed by atoms with Crippen LogP contribution in [0.25, 0.3) is 0 Å². The molecule has 134 valence electrons. The van der Waals surface area contributed by atoms with Gasteiger partial charge in [-0.3, -0.25) is 9.59 Å². The zero-order valence-electron chi connectivity index (χ0n) is 13.8. The highest BCUT2D eigenvalue weighted by Crippen LogP contribution is 2.09. The molecule has 0 heterocycles. The quantitative estimate of drug-likeness (QED) is 0.577. The molecule has 9 heteroatoms. The maximum Gasteiger partial charge on any atom is 0.239 e. The number of methoxy groups -OCH3 is 1. The van der Waals surface area contributed by atoms with Crippen LogP contribution in [0.5, 0.6) is 0 Å². The molecule has 3 N–H and O–H groups in total. The van der Waals surface area contributed by atoms with Crippen molar-refractivity contribution in [3.63, 3.8) is 0 Å². The van der Waals surface area contributed by atoms with E-state index in [1.807, 2.05) is 0 Å². The first-order valence-corrected chi connectivity index (χ1v) is 8.91. The molecule has 0 aromatic heterocycles. The van der Waals surface area contributed by atoms with Crippen LogP contribution in [0.15, 0.2) is 29.2 Å². The minimum Gasteiger partial charge on any atom is -0.383 e. The fourth-order valence-corrected chi connectivity index (χ4v) is 2.49. The highest BCUT2D eigenvalue weighted by Gasteiger charge is 2.13. The van der Waals surface area contributed by atoms with E-state index in [0.29, 0.717) is 26.1 Å². The van der Waals surface area contributed by atoms with Gasteiger partial charge in [0.05, 0.1) is 18.0 Å². The molecule has 0 bridgehead atoms. The van der Waals surface area contributed by atoms with Gasteiger partial charge in [-0.15, -0.1) is 0 Å². The molecule has 0 aliphatic rings. The van der Waals surface area contributed by atoms with Crippen molar-refractivity contribution in [3.8, 4) is 0 Å². The summed E-state index contributed by atoms with van der Waals surface area (Å²) in [5.74, 6) is -0.468. The summed E-state index contributed by atoms with van der Waals surface area (Å²) in [4.78, 5) is 24.9. The molecule has 0 saturated carbocycles. The summed E-state index contributed by atoms with van der Waals surface area (Å²) in [6, 6.07) is 6.11. The Morgan fingerprint density at radius 2 is 1.88 bits per heavy atom. The van der Waals surface area contributed by atoms with Gasteiger partial charge in [0.25, 0.3) is 0 Å². The van der Waals surface area contributed by atoms with Crippen molar-refractivity contribution in [3.05, 3.63) is 29.8 Å².